The highest BCUT2D eigenvalue weighted by atomic mass is 16.6. The minimum Gasteiger partial charge on any atom is -0.458 e. The molecule has 0 spiro atoms. The fourth-order valence-electron chi connectivity index (χ4n) is 2.01. The molecule has 0 bridgehead atoms. The highest BCUT2D eigenvalue weighted by Crippen LogP contribution is 2.12. The molecule has 0 aliphatic carbocycles. The van der Waals surface area contributed by atoms with E-state index in [9.17, 15) is 19.2 Å². The van der Waals surface area contributed by atoms with Crippen LogP contribution in [0.5, 0.6) is 0 Å². The van der Waals surface area contributed by atoms with E-state index in [4.69, 9.17) is 19.9 Å². The first kappa shape index (κ1) is 27.6. The van der Waals surface area contributed by atoms with Crippen LogP contribution >= 0.6 is 0 Å². The lowest BCUT2D eigenvalue weighted by molar-refractivity contribution is -0.162. The van der Waals surface area contributed by atoms with Crippen molar-refractivity contribution in [2.45, 2.75) is 97.6 Å². The molecular formula is C20H37N3O7. The lowest BCUT2D eigenvalue weighted by atomic mass is 10.1. The third-order valence-corrected chi connectivity index (χ3v) is 3.10. The molecule has 0 saturated heterocycles. The summed E-state index contributed by atoms with van der Waals surface area (Å²) in [6, 6.07) is -2.50. The van der Waals surface area contributed by atoms with Gasteiger partial charge in [-0.3, -0.25) is 9.59 Å². The van der Waals surface area contributed by atoms with E-state index in [2.05, 4.69) is 10.6 Å². The first-order valence-electron chi connectivity index (χ1n) is 9.74. The summed E-state index contributed by atoms with van der Waals surface area (Å²) >= 11 is 0. The second kappa shape index (κ2) is 10.6. The van der Waals surface area contributed by atoms with E-state index < -0.39 is 59.2 Å². The molecule has 174 valence electrons. The standard InChI is InChI=1S/C20H37N3O7/c1-18(2,3)28-11-13(16(26)29-19(4,5)6)22-15(25)12(10-14(21)24)23-17(27)30-20(7,8)9/h12-13H,10-11H2,1-9H3,(H2,21,24)(H,22,25)(H,23,27)/t12-,13-/m0/s1. The predicted octanol–water partition coefficient (Wildman–Crippen LogP) is 1.40. The van der Waals surface area contributed by atoms with E-state index in [1.165, 1.54) is 0 Å². The number of nitrogens with one attached hydrogen (secondary N) is 2. The van der Waals surface area contributed by atoms with Gasteiger partial charge in [0.15, 0.2) is 6.04 Å². The first-order valence-corrected chi connectivity index (χ1v) is 9.74. The smallest absolute Gasteiger partial charge is 0.408 e. The summed E-state index contributed by atoms with van der Waals surface area (Å²) < 4.78 is 16.1. The van der Waals surface area contributed by atoms with E-state index >= 15 is 0 Å². The van der Waals surface area contributed by atoms with Gasteiger partial charge in [0, 0.05) is 0 Å². The van der Waals surface area contributed by atoms with E-state index in [1.54, 1.807) is 62.3 Å². The molecule has 0 rings (SSSR count). The third-order valence-electron chi connectivity index (χ3n) is 3.10. The van der Waals surface area contributed by atoms with Crippen molar-refractivity contribution in [2.75, 3.05) is 6.61 Å². The van der Waals surface area contributed by atoms with Gasteiger partial charge in [-0.25, -0.2) is 9.59 Å². The molecule has 10 nitrogen and oxygen atoms in total. The Labute approximate surface area is 178 Å². The number of ether oxygens (including phenoxy) is 3. The van der Waals surface area contributed by atoms with Crippen LogP contribution in [0.25, 0.3) is 0 Å². The van der Waals surface area contributed by atoms with Gasteiger partial charge >= 0.3 is 12.1 Å². The summed E-state index contributed by atoms with van der Waals surface area (Å²) in [6.45, 7) is 15.2. The van der Waals surface area contributed by atoms with Crippen molar-refractivity contribution in [3.63, 3.8) is 0 Å². The van der Waals surface area contributed by atoms with Gasteiger partial charge in [-0.15, -0.1) is 0 Å². The fourth-order valence-corrected chi connectivity index (χ4v) is 2.01. The number of esters is 1. The number of carbonyl (C=O) groups excluding carboxylic acids is 4. The molecule has 2 atom stereocenters. The number of hydrogen-bond acceptors (Lipinski definition) is 7. The zero-order valence-electron chi connectivity index (χ0n) is 19.5. The Hall–Kier alpha value is -2.36. The molecule has 0 aliphatic rings. The van der Waals surface area contributed by atoms with Crippen molar-refractivity contribution < 1.29 is 33.4 Å². The van der Waals surface area contributed by atoms with Crippen LogP contribution in [0.3, 0.4) is 0 Å². The number of hydrogen-bond donors (Lipinski definition) is 3. The van der Waals surface area contributed by atoms with Crippen LogP contribution < -0.4 is 16.4 Å². The molecule has 0 aliphatic heterocycles. The summed E-state index contributed by atoms with van der Waals surface area (Å²) in [5.41, 5.74) is 3.02. The molecule has 0 fully saturated rings. The molecule has 0 unspecified atom stereocenters. The predicted molar refractivity (Wildman–Crippen MR) is 110 cm³/mol. The van der Waals surface area contributed by atoms with Crippen molar-refractivity contribution in [3.8, 4) is 0 Å². The van der Waals surface area contributed by atoms with Crippen LogP contribution in [0.4, 0.5) is 4.79 Å². The summed E-state index contributed by atoms with van der Waals surface area (Å²) in [5, 5.41) is 4.77. The van der Waals surface area contributed by atoms with Gasteiger partial charge in [-0.2, -0.15) is 0 Å². The van der Waals surface area contributed by atoms with E-state index in [1.807, 2.05) is 0 Å². The molecule has 0 saturated carbocycles. The normalized spacial score (nSPS) is 14.3. The number of alkyl carbamates (subject to hydrolysis) is 1. The largest absolute Gasteiger partial charge is 0.458 e. The topological polar surface area (TPSA) is 146 Å². The number of nitrogens with two attached hydrogens (primary N) is 1. The fraction of sp³-hybridized carbons (Fsp3) is 0.800. The van der Waals surface area contributed by atoms with Gasteiger partial charge in [0.1, 0.15) is 17.2 Å². The van der Waals surface area contributed by atoms with E-state index in [0.717, 1.165) is 0 Å². The molecule has 4 N–H and O–H groups in total. The second-order valence-corrected chi connectivity index (χ2v) is 9.89. The van der Waals surface area contributed by atoms with Crippen LogP contribution in [-0.4, -0.2) is 59.4 Å². The maximum absolute atomic E-state index is 12.7. The molecule has 0 aromatic heterocycles. The van der Waals surface area contributed by atoms with Gasteiger partial charge in [0.05, 0.1) is 18.6 Å². The average Bonchev–Trinajstić information content (AvgIpc) is 2.45. The lowest BCUT2D eigenvalue weighted by Gasteiger charge is -2.28. The SMILES string of the molecule is CC(C)(C)OC[C@H](NC(=O)[C@H](CC(N)=O)NC(=O)OC(C)(C)C)C(=O)OC(C)(C)C. The van der Waals surface area contributed by atoms with Gasteiger partial charge in [0.2, 0.25) is 11.8 Å². The molecule has 10 heteroatoms. The number of rotatable bonds is 8. The number of carbonyl (C=O) groups is 4. The zero-order chi connectivity index (χ0) is 23.9. The number of amides is 3. The molecule has 0 heterocycles. The Morgan fingerprint density at radius 2 is 1.27 bits per heavy atom. The summed E-state index contributed by atoms with van der Waals surface area (Å²) in [5.74, 6) is -2.32. The number of primary amides is 1. The van der Waals surface area contributed by atoms with Crippen LogP contribution in [-0.2, 0) is 28.6 Å². The van der Waals surface area contributed by atoms with Gasteiger partial charge in [-0.05, 0) is 62.3 Å². The zero-order valence-corrected chi connectivity index (χ0v) is 19.5. The maximum Gasteiger partial charge on any atom is 0.408 e. The molecule has 0 aromatic carbocycles. The Morgan fingerprint density at radius 3 is 1.67 bits per heavy atom. The van der Waals surface area contributed by atoms with Gasteiger partial charge < -0.3 is 30.6 Å². The van der Waals surface area contributed by atoms with Crippen molar-refractivity contribution in [2.24, 2.45) is 5.73 Å². The van der Waals surface area contributed by atoms with Gasteiger partial charge in [0.25, 0.3) is 0 Å². The van der Waals surface area contributed by atoms with E-state index in [-0.39, 0.29) is 6.61 Å². The first-order chi connectivity index (χ1) is 13.3. The molecule has 3 amide bonds. The van der Waals surface area contributed by atoms with Crippen LogP contribution in [0.15, 0.2) is 0 Å². The van der Waals surface area contributed by atoms with Crippen molar-refractivity contribution >= 4 is 23.9 Å². The minimum absolute atomic E-state index is 0.167. The van der Waals surface area contributed by atoms with Crippen LogP contribution in [0.1, 0.15) is 68.7 Å². The summed E-state index contributed by atoms with van der Waals surface area (Å²) in [6.07, 6.45) is -1.38. The van der Waals surface area contributed by atoms with E-state index in [0.29, 0.717) is 0 Å². The highest BCUT2D eigenvalue weighted by molar-refractivity contribution is 5.93. The van der Waals surface area contributed by atoms with Crippen LogP contribution in [0.2, 0.25) is 0 Å². The Bertz CT molecular complexity index is 628. The van der Waals surface area contributed by atoms with Crippen molar-refractivity contribution in [1.82, 2.24) is 10.6 Å². The van der Waals surface area contributed by atoms with Crippen LogP contribution in [0, 0.1) is 0 Å². The monoisotopic (exact) mass is 431 g/mol. The Kier molecular flexibility index (Phi) is 9.77. The van der Waals surface area contributed by atoms with Crippen molar-refractivity contribution in [1.29, 1.82) is 0 Å². The molecule has 0 aromatic rings. The average molecular weight is 432 g/mol. The minimum atomic E-state index is -1.34. The quantitative estimate of drug-likeness (QED) is 0.492. The summed E-state index contributed by atoms with van der Waals surface area (Å²) in [7, 11) is 0. The molecule has 0 radical (unpaired) electrons. The maximum atomic E-state index is 12.7. The lowest BCUT2D eigenvalue weighted by Crippen LogP contribution is -2.55. The highest BCUT2D eigenvalue weighted by Gasteiger charge is 2.32. The van der Waals surface area contributed by atoms with Crippen molar-refractivity contribution in [3.05, 3.63) is 0 Å². The molecular weight excluding hydrogens is 394 g/mol. The Morgan fingerprint density at radius 1 is 0.767 bits per heavy atom. The van der Waals surface area contributed by atoms with Gasteiger partial charge in [-0.1, -0.05) is 0 Å². The third kappa shape index (κ3) is 13.8. The Balaban J connectivity index is 5.43. The summed E-state index contributed by atoms with van der Waals surface area (Å²) in [4.78, 5) is 48.7. The molecule has 30 heavy (non-hydrogen) atoms. The second-order valence-electron chi connectivity index (χ2n) is 9.89.